The fourth-order valence-corrected chi connectivity index (χ4v) is 1.89. The smallest absolute Gasteiger partial charge is 0.123 e. The molecule has 16 heavy (non-hydrogen) atoms. The monoisotopic (exact) mass is 218 g/mol. The Morgan fingerprint density at radius 2 is 1.75 bits per heavy atom. The molecular weight excluding hydrogens is 203 g/mol. The van der Waals surface area contributed by atoms with Crippen LogP contribution in [0.4, 0.5) is 10.1 Å². The van der Waals surface area contributed by atoms with Gasteiger partial charge in [-0.3, -0.25) is 0 Å². The Bertz CT molecular complexity index is 385. The molecule has 0 radical (unpaired) electrons. The van der Waals surface area contributed by atoms with Crippen LogP contribution in [0.1, 0.15) is 32.1 Å². The first-order valence-electron chi connectivity index (χ1n) is 5.76. The molecular formula is C13H15FN2. The molecule has 0 bridgehead atoms. The van der Waals surface area contributed by atoms with E-state index in [2.05, 4.69) is 16.0 Å². The van der Waals surface area contributed by atoms with E-state index in [4.69, 9.17) is 0 Å². The largest absolute Gasteiger partial charge is 0.222 e. The summed E-state index contributed by atoms with van der Waals surface area (Å²) in [6, 6.07) is 9.13. The molecule has 0 aliphatic heterocycles. The fourth-order valence-electron chi connectivity index (χ4n) is 1.89. The maximum atomic E-state index is 12.6. The van der Waals surface area contributed by atoms with Gasteiger partial charge in [-0.25, -0.2) is 9.38 Å². The minimum atomic E-state index is -0.247. The predicted octanol–water partition coefficient (Wildman–Crippen LogP) is 3.96. The van der Waals surface area contributed by atoms with Crippen LogP contribution in [0.2, 0.25) is 0 Å². The summed E-state index contributed by atoms with van der Waals surface area (Å²) in [5.41, 5.74) is 0.695. The lowest BCUT2D eigenvalue weighted by molar-refractivity contribution is 0.444. The minimum Gasteiger partial charge on any atom is -0.222 e. The molecule has 0 saturated heterocycles. The zero-order chi connectivity index (χ0) is 11.2. The quantitative estimate of drug-likeness (QED) is 0.671. The molecule has 0 atom stereocenters. The van der Waals surface area contributed by atoms with Gasteiger partial charge >= 0.3 is 0 Å². The highest BCUT2D eigenvalue weighted by atomic mass is 19.1. The Morgan fingerprint density at radius 3 is 2.44 bits per heavy atom. The van der Waals surface area contributed by atoms with E-state index in [0.717, 1.165) is 12.8 Å². The molecule has 1 aromatic rings. The highest BCUT2D eigenvalue weighted by Crippen LogP contribution is 2.19. The summed E-state index contributed by atoms with van der Waals surface area (Å²) in [7, 11) is 0. The summed E-state index contributed by atoms with van der Waals surface area (Å²) in [6.45, 7) is 0. The first kappa shape index (κ1) is 11.0. The van der Waals surface area contributed by atoms with Gasteiger partial charge in [-0.2, -0.15) is 4.99 Å². The van der Waals surface area contributed by atoms with Gasteiger partial charge in [0.1, 0.15) is 5.82 Å². The Kier molecular flexibility index (Phi) is 3.84. The molecule has 3 heteroatoms. The molecule has 1 aliphatic carbocycles. The van der Waals surface area contributed by atoms with E-state index in [1.807, 2.05) is 0 Å². The summed E-state index contributed by atoms with van der Waals surface area (Å²) in [4.78, 5) is 8.35. The van der Waals surface area contributed by atoms with Crippen molar-refractivity contribution >= 4 is 11.7 Å². The normalized spacial score (nSPS) is 16.6. The number of hydrogen-bond acceptors (Lipinski definition) is 2. The molecule has 0 amide bonds. The maximum absolute atomic E-state index is 12.6. The zero-order valence-corrected chi connectivity index (χ0v) is 9.19. The summed E-state index contributed by atoms with van der Waals surface area (Å²) < 4.78 is 12.6. The van der Waals surface area contributed by atoms with Crippen LogP contribution < -0.4 is 0 Å². The van der Waals surface area contributed by atoms with Gasteiger partial charge in [0.2, 0.25) is 0 Å². The summed E-state index contributed by atoms with van der Waals surface area (Å²) in [5, 5.41) is 0. The fraction of sp³-hybridized carbons (Fsp3) is 0.462. The Balaban J connectivity index is 1.97. The van der Waals surface area contributed by atoms with Crippen LogP contribution in [0.15, 0.2) is 34.3 Å². The maximum Gasteiger partial charge on any atom is 0.123 e. The molecule has 0 heterocycles. The van der Waals surface area contributed by atoms with E-state index in [0.29, 0.717) is 11.7 Å². The van der Waals surface area contributed by atoms with E-state index >= 15 is 0 Å². The van der Waals surface area contributed by atoms with Crippen molar-refractivity contribution in [3.05, 3.63) is 30.1 Å². The molecule has 1 aromatic carbocycles. The number of benzene rings is 1. The van der Waals surface area contributed by atoms with E-state index in [1.165, 1.54) is 31.4 Å². The number of hydrogen-bond donors (Lipinski definition) is 0. The van der Waals surface area contributed by atoms with Crippen LogP contribution in [0.25, 0.3) is 0 Å². The number of rotatable bonds is 2. The van der Waals surface area contributed by atoms with Gasteiger partial charge in [0, 0.05) is 0 Å². The molecule has 0 N–H and O–H groups in total. The molecule has 1 fully saturated rings. The highest BCUT2D eigenvalue weighted by Gasteiger charge is 2.10. The van der Waals surface area contributed by atoms with E-state index < -0.39 is 0 Å². The molecule has 1 saturated carbocycles. The minimum absolute atomic E-state index is 0.247. The highest BCUT2D eigenvalue weighted by molar-refractivity contribution is 5.52. The van der Waals surface area contributed by atoms with Crippen molar-refractivity contribution < 1.29 is 4.39 Å². The topological polar surface area (TPSA) is 24.7 Å². The van der Waals surface area contributed by atoms with Crippen LogP contribution in [0.3, 0.4) is 0 Å². The zero-order valence-electron chi connectivity index (χ0n) is 9.19. The van der Waals surface area contributed by atoms with Gasteiger partial charge in [-0.1, -0.05) is 19.3 Å². The summed E-state index contributed by atoms with van der Waals surface area (Å²) in [5.74, 6) is -0.247. The number of aliphatic imine (C=N–C) groups is 2. The Morgan fingerprint density at radius 1 is 1.06 bits per heavy atom. The van der Waals surface area contributed by atoms with Gasteiger partial charge in [0.15, 0.2) is 0 Å². The van der Waals surface area contributed by atoms with Crippen LogP contribution in [-0.4, -0.2) is 12.1 Å². The second-order valence-corrected chi connectivity index (χ2v) is 4.11. The van der Waals surface area contributed by atoms with Crippen LogP contribution in [0.5, 0.6) is 0 Å². The first-order chi connectivity index (χ1) is 7.84. The molecule has 2 rings (SSSR count). The standard InChI is InChI=1S/C13H15FN2/c14-11-6-8-13(9-7-11)16-10-15-12-4-2-1-3-5-12/h6-9,12H,1-5H2. The second kappa shape index (κ2) is 5.57. The third-order valence-corrected chi connectivity index (χ3v) is 2.82. The third kappa shape index (κ3) is 3.28. The molecule has 0 unspecified atom stereocenters. The van der Waals surface area contributed by atoms with E-state index in [9.17, 15) is 4.39 Å². The number of nitrogens with zero attached hydrogens (tertiary/aromatic N) is 2. The SMILES string of the molecule is Fc1ccc(N=C=NC2CCCCC2)cc1. The van der Waals surface area contributed by atoms with Crippen molar-refractivity contribution in [3.8, 4) is 0 Å². The summed E-state index contributed by atoms with van der Waals surface area (Å²) >= 11 is 0. The Hall–Kier alpha value is -1.47. The van der Waals surface area contributed by atoms with E-state index in [1.54, 1.807) is 12.1 Å². The molecule has 1 aliphatic rings. The van der Waals surface area contributed by atoms with Gasteiger partial charge in [0.05, 0.1) is 17.7 Å². The predicted molar refractivity (Wildman–Crippen MR) is 62.8 cm³/mol. The lowest BCUT2D eigenvalue weighted by Gasteiger charge is -2.15. The lowest BCUT2D eigenvalue weighted by atomic mass is 9.96. The van der Waals surface area contributed by atoms with Crippen LogP contribution >= 0.6 is 0 Å². The molecule has 0 aromatic heterocycles. The second-order valence-electron chi connectivity index (χ2n) is 4.11. The van der Waals surface area contributed by atoms with Gasteiger partial charge < -0.3 is 0 Å². The molecule has 0 spiro atoms. The average molecular weight is 218 g/mol. The third-order valence-electron chi connectivity index (χ3n) is 2.82. The van der Waals surface area contributed by atoms with Crippen molar-refractivity contribution in [2.45, 2.75) is 38.1 Å². The van der Waals surface area contributed by atoms with Gasteiger partial charge in [-0.15, -0.1) is 0 Å². The molecule has 2 nitrogen and oxygen atoms in total. The average Bonchev–Trinajstić information content (AvgIpc) is 2.33. The summed E-state index contributed by atoms with van der Waals surface area (Å²) in [6.07, 6.45) is 6.12. The number of halogens is 1. The van der Waals surface area contributed by atoms with Crippen molar-refractivity contribution in [2.75, 3.05) is 0 Å². The van der Waals surface area contributed by atoms with Gasteiger partial charge in [0.25, 0.3) is 0 Å². The van der Waals surface area contributed by atoms with Crippen LogP contribution in [0, 0.1) is 5.82 Å². The van der Waals surface area contributed by atoms with Crippen LogP contribution in [-0.2, 0) is 0 Å². The van der Waals surface area contributed by atoms with Crippen molar-refractivity contribution in [1.82, 2.24) is 0 Å². The van der Waals surface area contributed by atoms with E-state index in [-0.39, 0.29) is 5.82 Å². The van der Waals surface area contributed by atoms with Crippen molar-refractivity contribution in [1.29, 1.82) is 0 Å². The molecule has 84 valence electrons. The van der Waals surface area contributed by atoms with Crippen molar-refractivity contribution in [2.24, 2.45) is 9.98 Å². The first-order valence-corrected chi connectivity index (χ1v) is 5.76. The van der Waals surface area contributed by atoms with Crippen molar-refractivity contribution in [3.63, 3.8) is 0 Å². The lowest BCUT2D eigenvalue weighted by Crippen LogP contribution is -2.08. The Labute approximate surface area is 94.9 Å². The van der Waals surface area contributed by atoms with Gasteiger partial charge in [-0.05, 0) is 37.1 Å².